The molecule has 0 bridgehead atoms. The first-order chi connectivity index (χ1) is 15.0. The van der Waals surface area contributed by atoms with E-state index in [1.807, 2.05) is 34.5 Å². The largest absolute Gasteiger partial charge is 0.488 e. The van der Waals surface area contributed by atoms with Gasteiger partial charge in [0.1, 0.15) is 18.0 Å². The second-order valence-corrected chi connectivity index (χ2v) is 8.53. The van der Waals surface area contributed by atoms with Gasteiger partial charge in [-0.3, -0.25) is 14.9 Å². The fourth-order valence-corrected chi connectivity index (χ4v) is 4.29. The van der Waals surface area contributed by atoms with E-state index in [0.29, 0.717) is 54.8 Å². The minimum Gasteiger partial charge on any atom is -0.488 e. The maximum Gasteiger partial charge on any atom is 0.294 e. The van der Waals surface area contributed by atoms with E-state index in [1.54, 1.807) is 40.5 Å². The van der Waals surface area contributed by atoms with Gasteiger partial charge in [0.25, 0.3) is 11.6 Å². The third kappa shape index (κ3) is 4.98. The Kier molecular flexibility index (Phi) is 6.39. The van der Waals surface area contributed by atoms with Crippen molar-refractivity contribution in [2.75, 3.05) is 31.1 Å². The smallest absolute Gasteiger partial charge is 0.294 e. The van der Waals surface area contributed by atoms with Crippen LogP contribution in [-0.2, 0) is 6.61 Å². The van der Waals surface area contributed by atoms with E-state index in [-0.39, 0.29) is 11.6 Å². The number of benzene rings is 2. The van der Waals surface area contributed by atoms with Crippen molar-refractivity contribution in [3.05, 3.63) is 85.6 Å². The van der Waals surface area contributed by atoms with E-state index in [9.17, 15) is 14.9 Å². The highest BCUT2D eigenvalue weighted by molar-refractivity contribution is 7.09. The summed E-state index contributed by atoms with van der Waals surface area (Å²) in [5.41, 5.74) is 1.06. The zero-order valence-electron chi connectivity index (χ0n) is 16.6. The van der Waals surface area contributed by atoms with Crippen LogP contribution in [-0.4, -0.2) is 41.9 Å². The van der Waals surface area contributed by atoms with Crippen molar-refractivity contribution >= 4 is 40.2 Å². The molecule has 0 aliphatic carbocycles. The molecule has 3 aromatic rings. The topological polar surface area (TPSA) is 75.9 Å². The minimum atomic E-state index is -0.430. The Morgan fingerprint density at radius 3 is 2.61 bits per heavy atom. The highest BCUT2D eigenvalue weighted by atomic mass is 35.5. The van der Waals surface area contributed by atoms with Gasteiger partial charge in [0.15, 0.2) is 0 Å². The standard InChI is InChI=1S/C22H20ClN3O4S/c23-17-6-7-20(21(14-17)26(28)29)24-8-10-25(11-9-24)22(27)16-3-1-4-18(13-16)30-15-19-5-2-12-31-19/h1-7,12-14H,8-11,15H2. The molecule has 0 saturated carbocycles. The molecule has 9 heteroatoms. The number of ether oxygens (including phenoxy) is 1. The fourth-order valence-electron chi connectivity index (χ4n) is 3.51. The Balaban J connectivity index is 1.40. The van der Waals surface area contributed by atoms with Crippen LogP contribution in [0.2, 0.25) is 5.02 Å². The van der Waals surface area contributed by atoms with E-state index < -0.39 is 4.92 Å². The van der Waals surface area contributed by atoms with Gasteiger partial charge in [-0.2, -0.15) is 0 Å². The number of hydrogen-bond acceptors (Lipinski definition) is 6. The number of carbonyl (C=O) groups excluding carboxylic acids is 1. The Bertz CT molecular complexity index is 1080. The lowest BCUT2D eigenvalue weighted by Gasteiger charge is -2.35. The molecule has 160 valence electrons. The van der Waals surface area contributed by atoms with E-state index in [4.69, 9.17) is 16.3 Å². The normalized spacial score (nSPS) is 13.8. The van der Waals surface area contributed by atoms with Gasteiger partial charge in [0.05, 0.1) is 4.92 Å². The summed E-state index contributed by atoms with van der Waals surface area (Å²) in [7, 11) is 0. The lowest BCUT2D eigenvalue weighted by atomic mass is 10.1. The van der Waals surface area contributed by atoms with E-state index >= 15 is 0 Å². The maximum atomic E-state index is 13.0. The number of nitro benzene ring substituents is 1. The molecule has 0 radical (unpaired) electrons. The number of amides is 1. The molecular formula is C22H20ClN3O4S. The third-order valence-electron chi connectivity index (χ3n) is 5.08. The van der Waals surface area contributed by atoms with Gasteiger partial charge in [-0.1, -0.05) is 23.7 Å². The zero-order valence-corrected chi connectivity index (χ0v) is 18.1. The van der Waals surface area contributed by atoms with Gasteiger partial charge in [0, 0.05) is 47.7 Å². The number of nitro groups is 1. The van der Waals surface area contributed by atoms with Gasteiger partial charge in [0.2, 0.25) is 0 Å². The van der Waals surface area contributed by atoms with Crippen LogP contribution in [0, 0.1) is 10.1 Å². The molecule has 0 N–H and O–H groups in total. The van der Waals surface area contributed by atoms with Crippen LogP contribution in [0.25, 0.3) is 0 Å². The molecule has 1 aromatic heterocycles. The number of rotatable bonds is 6. The monoisotopic (exact) mass is 457 g/mol. The van der Waals surface area contributed by atoms with E-state index in [2.05, 4.69) is 0 Å². The third-order valence-corrected chi connectivity index (χ3v) is 6.17. The van der Waals surface area contributed by atoms with Crippen molar-refractivity contribution < 1.29 is 14.5 Å². The van der Waals surface area contributed by atoms with Crippen molar-refractivity contribution in [3.8, 4) is 5.75 Å². The number of anilines is 1. The zero-order chi connectivity index (χ0) is 21.8. The Labute approximate surface area is 188 Å². The lowest BCUT2D eigenvalue weighted by molar-refractivity contribution is -0.384. The summed E-state index contributed by atoms with van der Waals surface area (Å²) in [6.45, 7) is 2.41. The summed E-state index contributed by atoms with van der Waals surface area (Å²) < 4.78 is 5.81. The molecule has 31 heavy (non-hydrogen) atoms. The fraction of sp³-hybridized carbons (Fsp3) is 0.227. The van der Waals surface area contributed by atoms with Crippen molar-refractivity contribution in [2.24, 2.45) is 0 Å². The van der Waals surface area contributed by atoms with E-state index in [1.165, 1.54) is 6.07 Å². The van der Waals surface area contributed by atoms with Crippen molar-refractivity contribution in [3.63, 3.8) is 0 Å². The Morgan fingerprint density at radius 1 is 1.10 bits per heavy atom. The molecule has 1 fully saturated rings. The van der Waals surface area contributed by atoms with Crippen LogP contribution >= 0.6 is 22.9 Å². The van der Waals surface area contributed by atoms with Crippen LogP contribution in [0.1, 0.15) is 15.2 Å². The number of nitrogens with zero attached hydrogens (tertiary/aromatic N) is 3. The number of hydrogen-bond donors (Lipinski definition) is 0. The number of halogens is 1. The highest BCUT2D eigenvalue weighted by Gasteiger charge is 2.26. The van der Waals surface area contributed by atoms with Crippen LogP contribution in [0.5, 0.6) is 5.75 Å². The summed E-state index contributed by atoms with van der Waals surface area (Å²) in [5, 5.41) is 13.7. The predicted molar refractivity (Wildman–Crippen MR) is 121 cm³/mol. The molecule has 1 aliphatic heterocycles. The van der Waals surface area contributed by atoms with Crippen LogP contribution in [0.15, 0.2) is 60.0 Å². The summed E-state index contributed by atoms with van der Waals surface area (Å²) >= 11 is 7.53. The molecule has 0 spiro atoms. The molecule has 1 aliphatic rings. The number of thiophene rings is 1. The maximum absolute atomic E-state index is 13.0. The number of piperazine rings is 1. The summed E-state index contributed by atoms with van der Waals surface area (Å²) in [5.74, 6) is 0.571. The van der Waals surface area contributed by atoms with E-state index in [0.717, 1.165) is 4.88 Å². The Morgan fingerprint density at radius 2 is 1.90 bits per heavy atom. The van der Waals surface area contributed by atoms with Crippen molar-refractivity contribution in [1.82, 2.24) is 4.90 Å². The molecule has 4 rings (SSSR count). The first kappa shape index (κ1) is 21.1. The molecule has 2 aromatic carbocycles. The van der Waals surface area contributed by atoms with Crippen molar-refractivity contribution in [1.29, 1.82) is 0 Å². The molecule has 0 unspecified atom stereocenters. The van der Waals surface area contributed by atoms with Gasteiger partial charge >= 0.3 is 0 Å². The average Bonchev–Trinajstić information content (AvgIpc) is 3.31. The molecule has 2 heterocycles. The summed E-state index contributed by atoms with van der Waals surface area (Å²) in [6, 6.07) is 15.8. The predicted octanol–water partition coefficient (Wildman–Crippen LogP) is 4.85. The van der Waals surface area contributed by atoms with Gasteiger partial charge < -0.3 is 14.5 Å². The molecule has 1 amide bonds. The molecule has 0 atom stereocenters. The van der Waals surface area contributed by atoms with Gasteiger partial charge in [-0.25, -0.2) is 0 Å². The average molecular weight is 458 g/mol. The van der Waals surface area contributed by atoms with Gasteiger partial charge in [-0.15, -0.1) is 11.3 Å². The van der Waals surface area contributed by atoms with Crippen LogP contribution in [0.3, 0.4) is 0 Å². The second-order valence-electron chi connectivity index (χ2n) is 7.07. The quantitative estimate of drug-likeness (QED) is 0.390. The minimum absolute atomic E-state index is 0.0251. The van der Waals surface area contributed by atoms with Gasteiger partial charge in [-0.05, 0) is 41.8 Å². The number of carbonyl (C=O) groups is 1. The Hall–Kier alpha value is -3.10. The van der Waals surface area contributed by atoms with Crippen LogP contribution < -0.4 is 9.64 Å². The van der Waals surface area contributed by atoms with Crippen LogP contribution in [0.4, 0.5) is 11.4 Å². The first-order valence-electron chi connectivity index (χ1n) is 9.74. The summed E-state index contributed by atoms with van der Waals surface area (Å²) in [4.78, 5) is 28.7. The second kappa shape index (κ2) is 9.36. The molecular weight excluding hydrogens is 438 g/mol. The first-order valence-corrected chi connectivity index (χ1v) is 11.0. The SMILES string of the molecule is O=C(c1cccc(OCc2cccs2)c1)N1CCN(c2ccc(Cl)cc2[N+](=O)[O-])CC1. The summed E-state index contributed by atoms with van der Waals surface area (Å²) in [6.07, 6.45) is 0. The van der Waals surface area contributed by atoms with Crippen molar-refractivity contribution in [2.45, 2.75) is 6.61 Å². The highest BCUT2D eigenvalue weighted by Crippen LogP contribution is 2.31. The molecule has 7 nitrogen and oxygen atoms in total. The molecule has 1 saturated heterocycles. The lowest BCUT2D eigenvalue weighted by Crippen LogP contribution is -2.49.